The average Bonchev–Trinajstić information content (AvgIpc) is 3.08. The average molecular weight is 319 g/mol. The van der Waals surface area contributed by atoms with E-state index in [1.807, 2.05) is 12.4 Å². The van der Waals surface area contributed by atoms with Crippen LogP contribution in [0.2, 0.25) is 0 Å². The van der Waals surface area contributed by atoms with E-state index in [9.17, 15) is 0 Å². The Balaban J connectivity index is 1.55. The van der Waals surface area contributed by atoms with E-state index in [4.69, 9.17) is 0 Å². The van der Waals surface area contributed by atoms with Crippen LogP contribution in [0.15, 0.2) is 18.6 Å². The SMILES string of the molecule is Cc1cnc(N2CCN(Cc3cnn(C(C)(C)C)c3)CC2)s1. The molecule has 0 bridgehead atoms. The van der Waals surface area contributed by atoms with E-state index in [0.29, 0.717) is 0 Å². The number of rotatable bonds is 3. The van der Waals surface area contributed by atoms with Gasteiger partial charge in [-0.3, -0.25) is 9.58 Å². The van der Waals surface area contributed by atoms with E-state index in [1.54, 1.807) is 11.3 Å². The zero-order chi connectivity index (χ0) is 15.7. The Labute approximate surface area is 136 Å². The molecule has 22 heavy (non-hydrogen) atoms. The molecule has 3 heterocycles. The van der Waals surface area contributed by atoms with Gasteiger partial charge in [-0.2, -0.15) is 5.10 Å². The minimum atomic E-state index is 0.0552. The second kappa shape index (κ2) is 6.01. The maximum absolute atomic E-state index is 4.49. The summed E-state index contributed by atoms with van der Waals surface area (Å²) in [6.07, 6.45) is 6.14. The molecule has 6 heteroatoms. The second-order valence-corrected chi connectivity index (χ2v) is 8.19. The van der Waals surface area contributed by atoms with Crippen molar-refractivity contribution in [2.24, 2.45) is 0 Å². The minimum Gasteiger partial charge on any atom is -0.346 e. The summed E-state index contributed by atoms with van der Waals surface area (Å²) in [7, 11) is 0. The third-order valence-electron chi connectivity index (χ3n) is 3.98. The van der Waals surface area contributed by atoms with Crippen LogP contribution in [-0.2, 0) is 12.1 Å². The van der Waals surface area contributed by atoms with Crippen LogP contribution in [0, 0.1) is 6.92 Å². The zero-order valence-corrected chi connectivity index (χ0v) is 14.7. The molecule has 120 valence electrons. The van der Waals surface area contributed by atoms with Crippen LogP contribution in [0.4, 0.5) is 5.13 Å². The Kier molecular flexibility index (Phi) is 4.23. The van der Waals surface area contributed by atoms with Crippen molar-refractivity contribution in [1.29, 1.82) is 0 Å². The number of hydrogen-bond acceptors (Lipinski definition) is 5. The van der Waals surface area contributed by atoms with E-state index < -0.39 is 0 Å². The van der Waals surface area contributed by atoms with Crippen LogP contribution in [0.3, 0.4) is 0 Å². The normalized spacial score (nSPS) is 17.2. The molecule has 0 aromatic carbocycles. The smallest absolute Gasteiger partial charge is 0.185 e. The van der Waals surface area contributed by atoms with Crippen molar-refractivity contribution in [3.63, 3.8) is 0 Å². The van der Waals surface area contributed by atoms with Crippen molar-refractivity contribution in [2.45, 2.75) is 39.8 Å². The van der Waals surface area contributed by atoms with Gasteiger partial charge in [0.25, 0.3) is 0 Å². The number of anilines is 1. The fourth-order valence-corrected chi connectivity index (χ4v) is 3.46. The Hall–Kier alpha value is -1.40. The van der Waals surface area contributed by atoms with E-state index in [-0.39, 0.29) is 5.54 Å². The molecule has 0 N–H and O–H groups in total. The lowest BCUT2D eigenvalue weighted by molar-refractivity contribution is 0.249. The highest BCUT2D eigenvalue weighted by atomic mass is 32.1. The number of thiazole rings is 1. The summed E-state index contributed by atoms with van der Waals surface area (Å²) in [6.45, 7) is 13.9. The highest BCUT2D eigenvalue weighted by Gasteiger charge is 2.20. The van der Waals surface area contributed by atoms with Crippen molar-refractivity contribution >= 4 is 16.5 Å². The third kappa shape index (κ3) is 3.50. The largest absolute Gasteiger partial charge is 0.346 e. The summed E-state index contributed by atoms with van der Waals surface area (Å²) in [4.78, 5) is 10.7. The molecule has 0 amide bonds. The van der Waals surface area contributed by atoms with Gasteiger partial charge in [-0.25, -0.2) is 4.98 Å². The van der Waals surface area contributed by atoms with Crippen molar-refractivity contribution in [2.75, 3.05) is 31.1 Å². The molecule has 1 saturated heterocycles. The lowest BCUT2D eigenvalue weighted by Gasteiger charge is -2.34. The molecule has 0 radical (unpaired) electrons. The highest BCUT2D eigenvalue weighted by molar-refractivity contribution is 7.15. The molecule has 0 saturated carbocycles. The van der Waals surface area contributed by atoms with Gasteiger partial charge in [0, 0.05) is 55.6 Å². The summed E-state index contributed by atoms with van der Waals surface area (Å²) < 4.78 is 2.05. The van der Waals surface area contributed by atoms with E-state index in [2.05, 4.69) is 58.5 Å². The molecule has 2 aromatic heterocycles. The number of hydrogen-bond donors (Lipinski definition) is 0. The van der Waals surface area contributed by atoms with Crippen LogP contribution in [-0.4, -0.2) is 45.8 Å². The van der Waals surface area contributed by atoms with Gasteiger partial charge in [-0.1, -0.05) is 0 Å². The Morgan fingerprint density at radius 3 is 2.41 bits per heavy atom. The molecular formula is C16H25N5S. The van der Waals surface area contributed by atoms with Gasteiger partial charge in [0.15, 0.2) is 5.13 Å². The van der Waals surface area contributed by atoms with Crippen molar-refractivity contribution in [1.82, 2.24) is 19.7 Å². The first-order valence-electron chi connectivity index (χ1n) is 7.85. The minimum absolute atomic E-state index is 0.0552. The predicted molar refractivity (Wildman–Crippen MR) is 91.6 cm³/mol. The molecule has 0 atom stereocenters. The van der Waals surface area contributed by atoms with Crippen LogP contribution in [0.5, 0.6) is 0 Å². The van der Waals surface area contributed by atoms with Gasteiger partial charge >= 0.3 is 0 Å². The maximum atomic E-state index is 4.49. The number of piperazine rings is 1. The zero-order valence-electron chi connectivity index (χ0n) is 13.9. The molecule has 5 nitrogen and oxygen atoms in total. The maximum Gasteiger partial charge on any atom is 0.185 e. The monoisotopic (exact) mass is 319 g/mol. The standard InChI is InChI=1S/C16H25N5S/c1-13-9-17-15(22-13)20-7-5-19(6-8-20)11-14-10-18-21(12-14)16(2,3)4/h9-10,12H,5-8,11H2,1-4H3. The van der Waals surface area contributed by atoms with Crippen LogP contribution in [0.25, 0.3) is 0 Å². The van der Waals surface area contributed by atoms with Gasteiger partial charge in [0.1, 0.15) is 0 Å². The van der Waals surface area contributed by atoms with Crippen LogP contribution < -0.4 is 4.90 Å². The Morgan fingerprint density at radius 2 is 1.86 bits per heavy atom. The van der Waals surface area contributed by atoms with Crippen LogP contribution >= 0.6 is 11.3 Å². The first kappa shape index (κ1) is 15.5. The summed E-state index contributed by atoms with van der Waals surface area (Å²) in [5.41, 5.74) is 1.35. The molecule has 1 aliphatic heterocycles. The van der Waals surface area contributed by atoms with E-state index in [1.165, 1.54) is 10.4 Å². The van der Waals surface area contributed by atoms with Gasteiger partial charge in [-0.05, 0) is 27.7 Å². The summed E-state index contributed by atoms with van der Waals surface area (Å²) in [5.74, 6) is 0. The lowest BCUT2D eigenvalue weighted by atomic mass is 10.1. The third-order valence-corrected chi connectivity index (χ3v) is 4.95. The number of aryl methyl sites for hydroxylation is 1. The predicted octanol–water partition coefficient (Wildman–Crippen LogP) is 2.73. The van der Waals surface area contributed by atoms with Gasteiger partial charge in [0.05, 0.1) is 11.7 Å². The van der Waals surface area contributed by atoms with Gasteiger partial charge in [0.2, 0.25) is 0 Å². The summed E-state index contributed by atoms with van der Waals surface area (Å²) >= 11 is 1.79. The van der Waals surface area contributed by atoms with E-state index in [0.717, 1.165) is 37.9 Å². The Morgan fingerprint density at radius 1 is 1.14 bits per heavy atom. The molecule has 3 rings (SSSR count). The molecular weight excluding hydrogens is 294 g/mol. The molecule has 0 aliphatic carbocycles. The number of nitrogens with zero attached hydrogens (tertiary/aromatic N) is 5. The first-order valence-corrected chi connectivity index (χ1v) is 8.67. The summed E-state index contributed by atoms with van der Waals surface area (Å²) in [6, 6.07) is 0. The topological polar surface area (TPSA) is 37.2 Å². The van der Waals surface area contributed by atoms with Gasteiger partial charge in [-0.15, -0.1) is 11.3 Å². The van der Waals surface area contributed by atoms with Gasteiger partial charge < -0.3 is 4.90 Å². The van der Waals surface area contributed by atoms with E-state index >= 15 is 0 Å². The first-order chi connectivity index (χ1) is 10.4. The molecule has 2 aromatic rings. The molecule has 1 fully saturated rings. The fourth-order valence-electron chi connectivity index (χ4n) is 2.65. The molecule has 1 aliphatic rings. The second-order valence-electron chi connectivity index (χ2n) is 6.98. The van der Waals surface area contributed by atoms with Crippen molar-refractivity contribution in [3.05, 3.63) is 29.0 Å². The molecule has 0 spiro atoms. The quantitative estimate of drug-likeness (QED) is 0.872. The van der Waals surface area contributed by atoms with Crippen LogP contribution in [0.1, 0.15) is 31.2 Å². The lowest BCUT2D eigenvalue weighted by Crippen LogP contribution is -2.45. The number of aromatic nitrogens is 3. The molecule has 0 unspecified atom stereocenters. The highest BCUT2D eigenvalue weighted by Crippen LogP contribution is 2.23. The summed E-state index contributed by atoms with van der Waals surface area (Å²) in [5, 5.41) is 5.65. The van der Waals surface area contributed by atoms with Crippen molar-refractivity contribution in [3.8, 4) is 0 Å². The van der Waals surface area contributed by atoms with Crippen molar-refractivity contribution < 1.29 is 0 Å². The Bertz CT molecular complexity index is 617. The fraction of sp³-hybridized carbons (Fsp3) is 0.625.